The summed E-state index contributed by atoms with van der Waals surface area (Å²) in [5.41, 5.74) is 0. The van der Waals surface area contributed by atoms with E-state index in [1.165, 1.54) is 6.20 Å². The normalized spacial score (nSPS) is 20.8. The van der Waals surface area contributed by atoms with Crippen molar-refractivity contribution in [1.82, 2.24) is 9.29 Å². The van der Waals surface area contributed by atoms with Gasteiger partial charge in [0.05, 0.1) is 0 Å². The number of hydrogen-bond donors (Lipinski definition) is 1. The zero-order chi connectivity index (χ0) is 14.7. The number of anilines is 1. The van der Waals surface area contributed by atoms with Crippen LogP contribution < -0.4 is 5.32 Å². The van der Waals surface area contributed by atoms with Crippen molar-refractivity contribution in [2.24, 2.45) is 0 Å². The molecular weight excluding hydrogens is 286 g/mol. The smallest absolute Gasteiger partial charge is 0.244 e. The number of piperidine rings is 1. The van der Waals surface area contributed by atoms with E-state index in [2.05, 4.69) is 22.5 Å². The van der Waals surface area contributed by atoms with Gasteiger partial charge in [-0.3, -0.25) is 0 Å². The first kappa shape index (κ1) is 14.5. The van der Waals surface area contributed by atoms with Crippen LogP contribution in [0, 0.1) is 0 Å². The first-order valence-electron chi connectivity index (χ1n) is 7.54. The van der Waals surface area contributed by atoms with Gasteiger partial charge in [0.15, 0.2) is 0 Å². The van der Waals surface area contributed by atoms with Crippen LogP contribution in [0.25, 0.3) is 0 Å². The minimum atomic E-state index is -3.38. The zero-order valence-corrected chi connectivity index (χ0v) is 12.8. The van der Waals surface area contributed by atoms with Crippen molar-refractivity contribution in [1.29, 1.82) is 0 Å². The molecule has 0 bridgehead atoms. The molecule has 21 heavy (non-hydrogen) atoms. The molecular formula is C15H21N3O2S. The van der Waals surface area contributed by atoms with Crippen molar-refractivity contribution in [2.75, 3.05) is 18.4 Å². The Morgan fingerprint density at radius 1 is 1.10 bits per heavy atom. The number of sulfonamides is 1. The van der Waals surface area contributed by atoms with Gasteiger partial charge in [0.25, 0.3) is 0 Å². The van der Waals surface area contributed by atoms with Crippen LogP contribution in [0.15, 0.2) is 35.4 Å². The fraction of sp³-hybridized carbons (Fsp3) is 0.533. The zero-order valence-electron chi connectivity index (χ0n) is 12.0. The molecule has 0 unspecified atom stereocenters. The molecule has 0 saturated carbocycles. The van der Waals surface area contributed by atoms with Gasteiger partial charge in [0.2, 0.25) is 10.0 Å². The average Bonchev–Trinajstić information content (AvgIpc) is 3.02. The van der Waals surface area contributed by atoms with Gasteiger partial charge in [-0.05, 0) is 37.8 Å². The van der Waals surface area contributed by atoms with Gasteiger partial charge in [-0.25, -0.2) is 13.4 Å². The number of rotatable bonds is 4. The molecule has 1 aromatic heterocycles. The molecule has 0 spiro atoms. The molecule has 0 atom stereocenters. The first-order valence-corrected chi connectivity index (χ1v) is 8.98. The largest absolute Gasteiger partial charge is 0.367 e. The third kappa shape index (κ3) is 3.27. The van der Waals surface area contributed by atoms with Crippen LogP contribution in [-0.2, 0) is 10.0 Å². The van der Waals surface area contributed by atoms with Gasteiger partial charge >= 0.3 is 0 Å². The predicted molar refractivity (Wildman–Crippen MR) is 82.6 cm³/mol. The molecule has 1 saturated heterocycles. The van der Waals surface area contributed by atoms with Gasteiger partial charge in [-0.15, -0.1) is 0 Å². The van der Waals surface area contributed by atoms with Crippen LogP contribution in [0.3, 0.4) is 0 Å². The van der Waals surface area contributed by atoms with Gasteiger partial charge in [-0.1, -0.05) is 18.6 Å². The summed E-state index contributed by atoms with van der Waals surface area (Å²) in [7, 11) is -3.38. The molecule has 5 nitrogen and oxygen atoms in total. The highest BCUT2D eigenvalue weighted by molar-refractivity contribution is 7.89. The lowest BCUT2D eigenvalue weighted by Crippen LogP contribution is -2.35. The molecule has 2 aliphatic rings. The van der Waals surface area contributed by atoms with Crippen molar-refractivity contribution in [3.8, 4) is 0 Å². The topological polar surface area (TPSA) is 62.3 Å². The molecule has 2 heterocycles. The standard InChI is InChI=1S/C15H21N3O2S/c19-21(20,18-10-4-1-5-11-18)14-8-9-15(16-12-14)17-13-6-2-3-7-13/h2-3,8-9,12-13H,1,4-7,10-11H2,(H,16,17). The summed E-state index contributed by atoms with van der Waals surface area (Å²) in [5, 5.41) is 3.32. The quantitative estimate of drug-likeness (QED) is 0.868. The minimum Gasteiger partial charge on any atom is -0.367 e. The first-order chi connectivity index (χ1) is 10.2. The summed E-state index contributed by atoms with van der Waals surface area (Å²) < 4.78 is 26.6. The maximum Gasteiger partial charge on any atom is 0.244 e. The lowest BCUT2D eigenvalue weighted by atomic mass is 10.2. The Bertz CT molecular complexity index is 596. The summed E-state index contributed by atoms with van der Waals surface area (Å²) in [6, 6.07) is 3.79. The van der Waals surface area contributed by atoms with E-state index in [1.807, 2.05) is 0 Å². The lowest BCUT2D eigenvalue weighted by molar-refractivity contribution is 0.346. The molecule has 0 radical (unpaired) electrons. The van der Waals surface area contributed by atoms with Gasteiger partial charge in [0, 0.05) is 25.3 Å². The Morgan fingerprint density at radius 2 is 1.81 bits per heavy atom. The maximum atomic E-state index is 12.5. The van der Waals surface area contributed by atoms with Crippen molar-refractivity contribution in [3.05, 3.63) is 30.5 Å². The Hall–Kier alpha value is -1.40. The summed E-state index contributed by atoms with van der Waals surface area (Å²) >= 11 is 0. The third-order valence-electron chi connectivity index (χ3n) is 4.05. The second-order valence-corrected chi connectivity index (χ2v) is 7.57. The molecule has 0 aromatic carbocycles. The van der Waals surface area contributed by atoms with Crippen LogP contribution >= 0.6 is 0 Å². The monoisotopic (exact) mass is 307 g/mol. The lowest BCUT2D eigenvalue weighted by Gasteiger charge is -2.25. The summed E-state index contributed by atoms with van der Waals surface area (Å²) in [6.45, 7) is 1.24. The highest BCUT2D eigenvalue weighted by Crippen LogP contribution is 2.21. The van der Waals surface area contributed by atoms with Gasteiger partial charge < -0.3 is 5.32 Å². The molecule has 1 N–H and O–H groups in total. The highest BCUT2D eigenvalue weighted by Gasteiger charge is 2.26. The van der Waals surface area contributed by atoms with E-state index in [1.54, 1.807) is 16.4 Å². The van der Waals surface area contributed by atoms with Crippen molar-refractivity contribution < 1.29 is 8.42 Å². The van der Waals surface area contributed by atoms with Crippen LogP contribution in [-0.4, -0.2) is 36.8 Å². The minimum absolute atomic E-state index is 0.291. The van der Waals surface area contributed by atoms with Gasteiger partial charge in [0.1, 0.15) is 10.7 Å². The molecule has 1 aromatic rings. The van der Waals surface area contributed by atoms with Crippen LogP contribution in [0.2, 0.25) is 0 Å². The maximum absolute atomic E-state index is 12.5. The molecule has 6 heteroatoms. The van der Waals surface area contributed by atoms with E-state index in [-0.39, 0.29) is 0 Å². The van der Waals surface area contributed by atoms with E-state index in [4.69, 9.17) is 0 Å². The van der Waals surface area contributed by atoms with Crippen molar-refractivity contribution in [2.45, 2.75) is 43.0 Å². The summed E-state index contributed by atoms with van der Waals surface area (Å²) in [6.07, 6.45) is 10.8. The van der Waals surface area contributed by atoms with E-state index in [9.17, 15) is 8.42 Å². The Kier molecular flexibility index (Phi) is 4.26. The number of hydrogen-bond acceptors (Lipinski definition) is 4. The summed E-state index contributed by atoms with van der Waals surface area (Å²) in [4.78, 5) is 4.55. The third-order valence-corrected chi connectivity index (χ3v) is 5.93. The number of aromatic nitrogens is 1. The van der Waals surface area contributed by atoms with Gasteiger partial charge in [-0.2, -0.15) is 4.31 Å². The van der Waals surface area contributed by atoms with E-state index in [0.717, 1.165) is 37.9 Å². The Labute approximate surface area is 126 Å². The van der Waals surface area contributed by atoms with E-state index >= 15 is 0 Å². The van der Waals surface area contributed by atoms with Crippen LogP contribution in [0.1, 0.15) is 32.1 Å². The van der Waals surface area contributed by atoms with E-state index < -0.39 is 10.0 Å². The molecule has 1 fully saturated rings. The van der Waals surface area contributed by atoms with Crippen molar-refractivity contribution in [3.63, 3.8) is 0 Å². The molecule has 0 amide bonds. The molecule has 1 aliphatic heterocycles. The SMILES string of the molecule is O=S(=O)(c1ccc(NC2CC=CC2)nc1)N1CCCCC1. The van der Waals surface area contributed by atoms with Crippen LogP contribution in [0.5, 0.6) is 0 Å². The molecule has 114 valence electrons. The molecule has 1 aliphatic carbocycles. The number of pyridine rings is 1. The van der Waals surface area contributed by atoms with Crippen molar-refractivity contribution >= 4 is 15.8 Å². The Morgan fingerprint density at radius 3 is 2.43 bits per heavy atom. The fourth-order valence-corrected chi connectivity index (χ4v) is 4.28. The Balaban J connectivity index is 1.70. The second-order valence-electron chi connectivity index (χ2n) is 5.63. The number of nitrogens with one attached hydrogen (secondary N) is 1. The molecule has 3 rings (SSSR count). The second kappa shape index (κ2) is 6.15. The highest BCUT2D eigenvalue weighted by atomic mass is 32.2. The van der Waals surface area contributed by atoms with E-state index in [0.29, 0.717) is 24.0 Å². The fourth-order valence-electron chi connectivity index (χ4n) is 2.82. The van der Waals surface area contributed by atoms with Crippen LogP contribution in [0.4, 0.5) is 5.82 Å². The summed E-state index contributed by atoms with van der Waals surface area (Å²) in [5.74, 6) is 0.737. The predicted octanol–water partition coefficient (Wildman–Crippen LogP) is 2.39. The average molecular weight is 307 g/mol. The number of nitrogens with zero attached hydrogens (tertiary/aromatic N) is 2.